The van der Waals surface area contributed by atoms with E-state index in [1.54, 1.807) is 6.07 Å². The molecule has 0 aliphatic heterocycles. The first-order valence-corrected chi connectivity index (χ1v) is 8.67. The van der Waals surface area contributed by atoms with E-state index in [2.05, 4.69) is 10.6 Å². The molecule has 2 aliphatic rings. The number of hydrogen-bond acceptors (Lipinski definition) is 3. The fourth-order valence-electron chi connectivity index (χ4n) is 3.95. The van der Waals surface area contributed by atoms with Gasteiger partial charge in [-0.25, -0.2) is 4.79 Å². The Morgan fingerprint density at radius 2 is 1.96 bits per heavy atom. The van der Waals surface area contributed by atoms with Crippen LogP contribution in [0.25, 0.3) is 0 Å². The van der Waals surface area contributed by atoms with Gasteiger partial charge in [0.05, 0.1) is 6.04 Å². The van der Waals surface area contributed by atoms with Gasteiger partial charge >= 0.3 is 6.03 Å². The number of aliphatic hydroxyl groups is 1. The zero-order valence-electron chi connectivity index (χ0n) is 13.4. The molecule has 2 amide bonds. The largest absolute Gasteiger partial charge is 0.508 e. The smallest absolute Gasteiger partial charge is 0.315 e. The lowest BCUT2D eigenvalue weighted by Gasteiger charge is -2.25. The second kappa shape index (κ2) is 7.21. The highest BCUT2D eigenvalue weighted by Gasteiger charge is 2.28. The van der Waals surface area contributed by atoms with Gasteiger partial charge in [0.25, 0.3) is 0 Å². The van der Waals surface area contributed by atoms with Gasteiger partial charge in [-0.15, -0.1) is 0 Å². The average molecular weight is 318 g/mol. The zero-order valence-corrected chi connectivity index (χ0v) is 13.4. The molecule has 23 heavy (non-hydrogen) atoms. The molecular formula is C18H26N2O3. The number of nitrogens with one attached hydrogen (secondary N) is 2. The van der Waals surface area contributed by atoms with Crippen LogP contribution in [-0.4, -0.2) is 28.9 Å². The summed E-state index contributed by atoms with van der Waals surface area (Å²) in [6, 6.07) is 5.31. The molecule has 5 heteroatoms. The van der Waals surface area contributed by atoms with E-state index in [-0.39, 0.29) is 30.6 Å². The molecule has 4 N–H and O–H groups in total. The third-order valence-corrected chi connectivity index (χ3v) is 5.26. The molecule has 1 aromatic carbocycles. The lowest BCUT2D eigenvalue weighted by atomic mass is 9.96. The molecule has 3 rings (SSSR count). The van der Waals surface area contributed by atoms with Gasteiger partial charge in [0.2, 0.25) is 0 Å². The van der Waals surface area contributed by atoms with Gasteiger partial charge in [0, 0.05) is 18.6 Å². The molecule has 1 fully saturated rings. The number of phenols is 1. The average Bonchev–Trinajstić information content (AvgIpc) is 2.81. The van der Waals surface area contributed by atoms with Crippen LogP contribution in [0.5, 0.6) is 5.75 Å². The maximum Gasteiger partial charge on any atom is 0.315 e. The molecule has 126 valence electrons. The number of fused-ring (bicyclic) bond motifs is 1. The number of hydrogen-bond donors (Lipinski definition) is 4. The molecule has 5 nitrogen and oxygen atoms in total. The molecule has 0 saturated heterocycles. The highest BCUT2D eigenvalue weighted by molar-refractivity contribution is 5.75. The van der Waals surface area contributed by atoms with Gasteiger partial charge in [-0.3, -0.25) is 0 Å². The zero-order chi connectivity index (χ0) is 16.2. The molecule has 0 aromatic heterocycles. The van der Waals surface area contributed by atoms with Crippen molar-refractivity contribution >= 4 is 6.03 Å². The Balaban J connectivity index is 1.61. The lowest BCUT2D eigenvalue weighted by Crippen LogP contribution is -2.46. The summed E-state index contributed by atoms with van der Waals surface area (Å²) in [6.45, 7) is 0.130. The van der Waals surface area contributed by atoms with Crippen LogP contribution < -0.4 is 10.6 Å². The Hall–Kier alpha value is -1.75. The van der Waals surface area contributed by atoms with Crippen molar-refractivity contribution in [3.05, 3.63) is 29.3 Å². The Labute approximate surface area is 137 Å². The predicted molar refractivity (Wildman–Crippen MR) is 88.3 cm³/mol. The summed E-state index contributed by atoms with van der Waals surface area (Å²) < 4.78 is 0. The monoisotopic (exact) mass is 318 g/mol. The van der Waals surface area contributed by atoms with Crippen LogP contribution in [0.3, 0.4) is 0 Å². The van der Waals surface area contributed by atoms with Crippen LogP contribution in [0.15, 0.2) is 18.2 Å². The Morgan fingerprint density at radius 1 is 1.13 bits per heavy atom. The third-order valence-electron chi connectivity index (χ3n) is 5.26. The molecule has 0 heterocycles. The first-order chi connectivity index (χ1) is 11.2. The van der Waals surface area contributed by atoms with E-state index in [1.807, 2.05) is 12.1 Å². The van der Waals surface area contributed by atoms with Crippen molar-refractivity contribution < 1.29 is 15.0 Å². The third kappa shape index (κ3) is 3.61. The standard InChI is InChI=1S/C18H26N2O3/c21-11-12-5-2-1-3-7-15(12)19-18(23)20-16-10-9-14-13(16)6-4-8-17(14)22/h4,6,8,12,15-16,21-22H,1-3,5,7,9-11H2,(H2,19,20,23). The van der Waals surface area contributed by atoms with Crippen LogP contribution in [0.1, 0.15) is 55.7 Å². The minimum Gasteiger partial charge on any atom is -0.508 e. The highest BCUT2D eigenvalue weighted by Crippen LogP contribution is 2.36. The summed E-state index contributed by atoms with van der Waals surface area (Å²) in [4.78, 5) is 12.4. The highest BCUT2D eigenvalue weighted by atomic mass is 16.3. The van der Waals surface area contributed by atoms with Crippen molar-refractivity contribution in [3.63, 3.8) is 0 Å². The minimum atomic E-state index is -0.170. The van der Waals surface area contributed by atoms with Gasteiger partial charge in [-0.1, -0.05) is 31.4 Å². The van der Waals surface area contributed by atoms with E-state index in [0.717, 1.165) is 49.7 Å². The topological polar surface area (TPSA) is 81.6 Å². The Kier molecular flexibility index (Phi) is 5.06. The fourth-order valence-corrected chi connectivity index (χ4v) is 3.95. The first-order valence-electron chi connectivity index (χ1n) is 8.67. The summed E-state index contributed by atoms with van der Waals surface area (Å²) in [5, 5.41) is 25.5. The van der Waals surface area contributed by atoms with Gasteiger partial charge < -0.3 is 20.8 Å². The summed E-state index contributed by atoms with van der Waals surface area (Å²) in [5.41, 5.74) is 1.96. The normalized spacial score (nSPS) is 27.1. The van der Waals surface area contributed by atoms with Crippen LogP contribution in [0.2, 0.25) is 0 Å². The molecule has 1 aromatic rings. The number of aromatic hydroxyl groups is 1. The number of aliphatic hydroxyl groups excluding tert-OH is 1. The Bertz CT molecular complexity index is 561. The lowest BCUT2D eigenvalue weighted by molar-refractivity contribution is 0.178. The van der Waals surface area contributed by atoms with Crippen molar-refractivity contribution in [3.8, 4) is 5.75 Å². The molecular weight excluding hydrogens is 292 g/mol. The molecule has 0 spiro atoms. The van der Waals surface area contributed by atoms with E-state index in [9.17, 15) is 15.0 Å². The number of carbonyl (C=O) groups excluding carboxylic acids is 1. The number of phenolic OH excluding ortho intramolecular Hbond substituents is 1. The van der Waals surface area contributed by atoms with E-state index < -0.39 is 0 Å². The fraction of sp³-hybridized carbons (Fsp3) is 0.611. The molecule has 1 saturated carbocycles. The Morgan fingerprint density at radius 3 is 2.78 bits per heavy atom. The first kappa shape index (κ1) is 16.1. The number of urea groups is 1. The van der Waals surface area contributed by atoms with E-state index in [0.29, 0.717) is 5.75 Å². The maximum atomic E-state index is 12.4. The van der Waals surface area contributed by atoms with Crippen LogP contribution in [-0.2, 0) is 6.42 Å². The molecule has 3 unspecified atom stereocenters. The van der Waals surface area contributed by atoms with Gasteiger partial charge in [-0.2, -0.15) is 0 Å². The van der Waals surface area contributed by atoms with Crippen LogP contribution in [0, 0.1) is 5.92 Å². The number of rotatable bonds is 3. The summed E-state index contributed by atoms with van der Waals surface area (Å²) in [6.07, 6.45) is 6.90. The van der Waals surface area contributed by atoms with Gasteiger partial charge in [0.1, 0.15) is 5.75 Å². The maximum absolute atomic E-state index is 12.4. The van der Waals surface area contributed by atoms with Crippen molar-refractivity contribution in [1.82, 2.24) is 10.6 Å². The van der Waals surface area contributed by atoms with E-state index in [1.165, 1.54) is 6.42 Å². The van der Waals surface area contributed by atoms with Crippen molar-refractivity contribution in [2.24, 2.45) is 5.92 Å². The summed E-state index contributed by atoms with van der Waals surface area (Å²) >= 11 is 0. The summed E-state index contributed by atoms with van der Waals surface area (Å²) in [5.74, 6) is 0.472. The summed E-state index contributed by atoms with van der Waals surface area (Å²) in [7, 11) is 0. The SMILES string of the molecule is O=C(NC1CCc2c(O)cccc21)NC1CCCCCC1CO. The predicted octanol–water partition coefficient (Wildman–Crippen LogP) is 2.62. The van der Waals surface area contributed by atoms with Crippen molar-refractivity contribution in [1.29, 1.82) is 0 Å². The van der Waals surface area contributed by atoms with Gasteiger partial charge in [-0.05, 0) is 42.9 Å². The van der Waals surface area contributed by atoms with Crippen molar-refractivity contribution in [2.45, 2.75) is 57.0 Å². The van der Waals surface area contributed by atoms with Gasteiger partial charge in [0.15, 0.2) is 0 Å². The molecule has 2 aliphatic carbocycles. The number of amides is 2. The number of carbonyl (C=O) groups is 1. The minimum absolute atomic E-state index is 0.0459. The molecule has 0 radical (unpaired) electrons. The van der Waals surface area contributed by atoms with Crippen LogP contribution >= 0.6 is 0 Å². The van der Waals surface area contributed by atoms with Crippen LogP contribution in [0.4, 0.5) is 4.79 Å². The van der Waals surface area contributed by atoms with E-state index in [4.69, 9.17) is 0 Å². The quantitative estimate of drug-likeness (QED) is 0.647. The van der Waals surface area contributed by atoms with E-state index >= 15 is 0 Å². The molecule has 3 atom stereocenters. The second-order valence-electron chi connectivity index (χ2n) is 6.74. The number of benzene rings is 1. The second-order valence-corrected chi connectivity index (χ2v) is 6.74. The van der Waals surface area contributed by atoms with Crippen molar-refractivity contribution in [2.75, 3.05) is 6.61 Å². The molecule has 0 bridgehead atoms.